The molecule has 0 saturated heterocycles. The summed E-state index contributed by atoms with van der Waals surface area (Å²) in [5, 5.41) is 11.2. The van der Waals surface area contributed by atoms with E-state index in [0.29, 0.717) is 22.4 Å². The molecule has 35 heavy (non-hydrogen) atoms. The van der Waals surface area contributed by atoms with Gasteiger partial charge in [0.15, 0.2) is 5.78 Å². The van der Waals surface area contributed by atoms with Crippen LogP contribution >= 0.6 is 11.8 Å². The van der Waals surface area contributed by atoms with Crippen molar-refractivity contribution < 1.29 is 14.0 Å². The Balaban J connectivity index is 1.20. The predicted octanol–water partition coefficient (Wildman–Crippen LogP) is 5.52. The van der Waals surface area contributed by atoms with Gasteiger partial charge in [-0.2, -0.15) is 0 Å². The van der Waals surface area contributed by atoms with Gasteiger partial charge in [-0.1, -0.05) is 30.0 Å². The zero-order chi connectivity index (χ0) is 24.4. The molecule has 0 unspecified atom stereocenters. The third-order valence-corrected chi connectivity index (χ3v) is 6.17. The fourth-order valence-electron chi connectivity index (χ4n) is 3.53. The second-order valence-corrected chi connectivity index (χ2v) is 8.95. The van der Waals surface area contributed by atoms with Crippen molar-refractivity contribution in [2.75, 3.05) is 11.1 Å². The highest BCUT2D eigenvalue weighted by Gasteiger charge is 2.13. The standard InChI is InChI=1S/C26H21N5O3S/c1-15-3-12-21-22(13-15)29-24(28-21)18-4-6-19(7-5-18)25-30-31-26(34-25)35-14-23(33)27-20-10-8-17(9-11-20)16(2)32/h3-13H,14H2,1-2H3,(H,27,33)(H,28,29). The number of carbonyl (C=O) groups is 2. The van der Waals surface area contributed by atoms with Gasteiger partial charge in [0.05, 0.1) is 16.8 Å². The van der Waals surface area contributed by atoms with Gasteiger partial charge in [0.25, 0.3) is 5.22 Å². The smallest absolute Gasteiger partial charge is 0.277 e. The maximum absolute atomic E-state index is 12.2. The summed E-state index contributed by atoms with van der Waals surface area (Å²) >= 11 is 1.15. The lowest BCUT2D eigenvalue weighted by atomic mass is 10.1. The van der Waals surface area contributed by atoms with Gasteiger partial charge in [0, 0.05) is 22.4 Å². The molecule has 0 aliphatic heterocycles. The number of fused-ring (bicyclic) bond motifs is 1. The molecular weight excluding hydrogens is 462 g/mol. The Morgan fingerprint density at radius 3 is 2.46 bits per heavy atom. The van der Waals surface area contributed by atoms with Crippen LogP contribution in [0, 0.1) is 6.92 Å². The molecule has 0 atom stereocenters. The number of imidazole rings is 1. The molecule has 0 aliphatic carbocycles. The molecule has 0 aliphatic rings. The predicted molar refractivity (Wildman–Crippen MR) is 135 cm³/mol. The van der Waals surface area contributed by atoms with E-state index in [1.165, 1.54) is 12.5 Å². The number of aryl methyl sites for hydroxylation is 1. The van der Waals surface area contributed by atoms with E-state index < -0.39 is 0 Å². The van der Waals surface area contributed by atoms with Crippen LogP contribution in [0.1, 0.15) is 22.8 Å². The number of aromatic nitrogens is 4. The largest absolute Gasteiger partial charge is 0.411 e. The molecule has 0 saturated carbocycles. The quantitative estimate of drug-likeness (QED) is 0.231. The van der Waals surface area contributed by atoms with E-state index in [2.05, 4.69) is 31.5 Å². The minimum absolute atomic E-state index is 0.0233. The van der Waals surface area contributed by atoms with Crippen LogP contribution in [0.3, 0.4) is 0 Å². The number of aromatic amines is 1. The van der Waals surface area contributed by atoms with E-state index in [0.717, 1.165) is 39.7 Å². The van der Waals surface area contributed by atoms with Crippen molar-refractivity contribution in [3.8, 4) is 22.8 Å². The number of rotatable bonds is 7. The van der Waals surface area contributed by atoms with E-state index in [4.69, 9.17) is 4.42 Å². The van der Waals surface area contributed by atoms with Crippen LogP contribution in [-0.2, 0) is 4.79 Å². The molecule has 3 aromatic carbocycles. The van der Waals surface area contributed by atoms with Gasteiger partial charge in [-0.3, -0.25) is 9.59 Å². The molecule has 2 aromatic heterocycles. The highest BCUT2D eigenvalue weighted by molar-refractivity contribution is 7.99. The van der Waals surface area contributed by atoms with Crippen molar-refractivity contribution in [1.29, 1.82) is 0 Å². The van der Waals surface area contributed by atoms with Gasteiger partial charge in [-0.05, 0) is 67.9 Å². The first-order valence-corrected chi connectivity index (χ1v) is 11.9. The van der Waals surface area contributed by atoms with Gasteiger partial charge in [-0.25, -0.2) is 4.98 Å². The molecule has 5 rings (SSSR count). The summed E-state index contributed by atoms with van der Waals surface area (Å²) in [7, 11) is 0. The highest BCUT2D eigenvalue weighted by Crippen LogP contribution is 2.27. The van der Waals surface area contributed by atoms with Gasteiger partial charge in [0.2, 0.25) is 11.8 Å². The molecule has 8 nitrogen and oxygen atoms in total. The minimum atomic E-state index is -0.212. The summed E-state index contributed by atoms with van der Waals surface area (Å²) in [6.07, 6.45) is 0. The summed E-state index contributed by atoms with van der Waals surface area (Å²) in [6, 6.07) is 20.5. The number of hydrogen-bond acceptors (Lipinski definition) is 7. The summed E-state index contributed by atoms with van der Waals surface area (Å²) < 4.78 is 5.72. The van der Waals surface area contributed by atoms with Crippen molar-refractivity contribution in [3.63, 3.8) is 0 Å². The summed E-state index contributed by atoms with van der Waals surface area (Å²) in [5.74, 6) is 1.04. The number of Topliss-reactive ketones (excluding diaryl/α,β-unsaturated/α-hetero) is 1. The second-order valence-electron chi connectivity index (χ2n) is 8.03. The van der Waals surface area contributed by atoms with Crippen LogP contribution in [0.25, 0.3) is 33.9 Å². The second kappa shape index (κ2) is 9.55. The number of hydrogen-bond donors (Lipinski definition) is 2. The van der Waals surface area contributed by atoms with E-state index >= 15 is 0 Å². The fourth-order valence-corrected chi connectivity index (χ4v) is 4.09. The van der Waals surface area contributed by atoms with E-state index in [-0.39, 0.29) is 17.4 Å². The Hall–Kier alpha value is -4.24. The highest BCUT2D eigenvalue weighted by atomic mass is 32.2. The van der Waals surface area contributed by atoms with Crippen LogP contribution in [0.5, 0.6) is 0 Å². The van der Waals surface area contributed by atoms with Crippen LogP contribution < -0.4 is 5.32 Å². The first-order valence-electron chi connectivity index (χ1n) is 10.9. The SMILES string of the molecule is CC(=O)c1ccc(NC(=O)CSc2nnc(-c3ccc(-c4nc5ccc(C)cc5[nH]4)cc3)o2)cc1. The number of thioether (sulfide) groups is 1. The molecule has 0 radical (unpaired) electrons. The molecule has 2 heterocycles. The van der Waals surface area contributed by atoms with Crippen LogP contribution in [0.4, 0.5) is 5.69 Å². The van der Waals surface area contributed by atoms with Crippen molar-refractivity contribution in [3.05, 3.63) is 77.9 Å². The Kier molecular flexibility index (Phi) is 6.15. The van der Waals surface area contributed by atoms with Crippen LogP contribution in [-0.4, -0.2) is 37.6 Å². The Bertz CT molecular complexity index is 1520. The van der Waals surface area contributed by atoms with Crippen molar-refractivity contribution in [2.45, 2.75) is 19.1 Å². The molecular formula is C26H21N5O3S. The van der Waals surface area contributed by atoms with Crippen LogP contribution in [0.2, 0.25) is 0 Å². The van der Waals surface area contributed by atoms with Gasteiger partial charge in [-0.15, -0.1) is 10.2 Å². The molecule has 0 bridgehead atoms. The monoisotopic (exact) mass is 483 g/mol. The third kappa shape index (κ3) is 5.15. The van der Waals surface area contributed by atoms with Crippen molar-refractivity contribution in [2.24, 2.45) is 0 Å². The summed E-state index contributed by atoms with van der Waals surface area (Å²) in [4.78, 5) is 31.6. The molecule has 174 valence electrons. The Morgan fingerprint density at radius 1 is 0.971 bits per heavy atom. The topological polar surface area (TPSA) is 114 Å². The Morgan fingerprint density at radius 2 is 1.71 bits per heavy atom. The first-order chi connectivity index (χ1) is 16.9. The number of benzene rings is 3. The molecule has 5 aromatic rings. The summed E-state index contributed by atoms with van der Waals surface area (Å²) in [6.45, 7) is 3.55. The zero-order valence-corrected chi connectivity index (χ0v) is 19.8. The van der Waals surface area contributed by atoms with Gasteiger partial charge in [0.1, 0.15) is 5.82 Å². The van der Waals surface area contributed by atoms with Crippen molar-refractivity contribution >= 4 is 40.2 Å². The first kappa shape index (κ1) is 22.5. The average molecular weight is 484 g/mol. The number of amides is 1. The van der Waals surface area contributed by atoms with Crippen LogP contribution in [0.15, 0.2) is 76.4 Å². The van der Waals surface area contributed by atoms with E-state index in [1.807, 2.05) is 43.3 Å². The van der Waals surface area contributed by atoms with Gasteiger partial charge < -0.3 is 14.7 Å². The lowest BCUT2D eigenvalue weighted by Crippen LogP contribution is -2.14. The number of carbonyl (C=O) groups excluding carboxylic acids is 2. The third-order valence-electron chi connectivity index (χ3n) is 5.35. The molecule has 2 N–H and O–H groups in total. The minimum Gasteiger partial charge on any atom is -0.411 e. The maximum Gasteiger partial charge on any atom is 0.277 e. The molecule has 0 fully saturated rings. The molecule has 9 heteroatoms. The Labute approximate surface area is 205 Å². The number of anilines is 1. The van der Waals surface area contributed by atoms with E-state index in [9.17, 15) is 9.59 Å². The lowest BCUT2D eigenvalue weighted by molar-refractivity contribution is -0.113. The average Bonchev–Trinajstić information content (AvgIpc) is 3.50. The normalized spacial score (nSPS) is 11.0. The molecule has 0 spiro atoms. The molecule has 1 amide bonds. The van der Waals surface area contributed by atoms with Gasteiger partial charge >= 0.3 is 0 Å². The number of H-pyrrole nitrogens is 1. The number of nitrogens with zero attached hydrogens (tertiary/aromatic N) is 3. The van der Waals surface area contributed by atoms with E-state index in [1.54, 1.807) is 24.3 Å². The fraction of sp³-hybridized carbons (Fsp3) is 0.115. The number of ketones is 1. The summed E-state index contributed by atoms with van der Waals surface area (Å²) in [5.41, 5.74) is 6.03. The number of nitrogens with one attached hydrogen (secondary N) is 2. The zero-order valence-electron chi connectivity index (χ0n) is 19.0. The van der Waals surface area contributed by atoms with Crippen molar-refractivity contribution in [1.82, 2.24) is 20.2 Å². The lowest BCUT2D eigenvalue weighted by Gasteiger charge is -2.04. The maximum atomic E-state index is 12.2.